The van der Waals surface area contributed by atoms with E-state index in [4.69, 9.17) is 34.8 Å². The molecular formula is C14H7Cl3F3NO2. The fraction of sp³-hybridized carbons (Fsp3) is 0.143. The Morgan fingerprint density at radius 1 is 1.17 bits per heavy atom. The summed E-state index contributed by atoms with van der Waals surface area (Å²) in [6.07, 6.45) is -3.84. The molecule has 2 aromatic rings. The third-order valence-electron chi connectivity index (χ3n) is 2.88. The van der Waals surface area contributed by atoms with Gasteiger partial charge in [-0.05, 0) is 18.2 Å². The van der Waals surface area contributed by atoms with Gasteiger partial charge in [0, 0.05) is 16.8 Å². The number of hydrogen-bond donors (Lipinski definition) is 0. The number of nitrogens with zero attached hydrogens (tertiary/aromatic N) is 1. The number of carbonyl (C=O) groups is 1. The van der Waals surface area contributed by atoms with Crippen LogP contribution in [-0.4, -0.2) is 18.1 Å². The van der Waals surface area contributed by atoms with Gasteiger partial charge < -0.3 is 4.74 Å². The molecule has 0 saturated heterocycles. The maximum absolute atomic E-state index is 13.5. The average Bonchev–Trinajstić information content (AvgIpc) is 2.44. The summed E-state index contributed by atoms with van der Waals surface area (Å²) in [4.78, 5) is 15.4. The molecule has 0 saturated carbocycles. The first-order chi connectivity index (χ1) is 10.7. The van der Waals surface area contributed by atoms with Crippen LogP contribution in [0.1, 0.15) is 15.9 Å². The first-order valence-corrected chi connectivity index (χ1v) is 7.09. The summed E-state index contributed by atoms with van der Waals surface area (Å²) in [5.41, 5.74) is -2.71. The van der Waals surface area contributed by atoms with Crippen molar-refractivity contribution < 1.29 is 22.7 Å². The SMILES string of the molecule is COC(=O)c1ccnc(-c2c(Cl)cc(Cl)cc2Cl)c1C(F)(F)F. The third-order valence-corrected chi connectivity index (χ3v) is 3.70. The van der Waals surface area contributed by atoms with Gasteiger partial charge in [0.2, 0.25) is 0 Å². The Hall–Kier alpha value is -1.50. The molecule has 0 aliphatic rings. The topological polar surface area (TPSA) is 39.2 Å². The average molecular weight is 385 g/mol. The van der Waals surface area contributed by atoms with Gasteiger partial charge in [-0.2, -0.15) is 13.2 Å². The minimum atomic E-state index is -4.88. The maximum atomic E-state index is 13.5. The smallest absolute Gasteiger partial charge is 0.419 e. The van der Waals surface area contributed by atoms with Crippen molar-refractivity contribution >= 4 is 40.8 Å². The van der Waals surface area contributed by atoms with Gasteiger partial charge in [-0.3, -0.25) is 4.98 Å². The molecule has 0 fully saturated rings. The Balaban J connectivity index is 2.86. The number of benzene rings is 1. The molecule has 0 amide bonds. The van der Waals surface area contributed by atoms with Crippen molar-refractivity contribution in [2.75, 3.05) is 7.11 Å². The van der Waals surface area contributed by atoms with Crippen LogP contribution in [0.3, 0.4) is 0 Å². The highest BCUT2D eigenvalue weighted by atomic mass is 35.5. The summed E-state index contributed by atoms with van der Waals surface area (Å²) < 4.78 is 44.8. The Labute approximate surface area is 143 Å². The van der Waals surface area contributed by atoms with Gasteiger partial charge in [0.1, 0.15) is 0 Å². The van der Waals surface area contributed by atoms with E-state index in [0.29, 0.717) is 0 Å². The summed E-state index contributed by atoms with van der Waals surface area (Å²) in [5, 5.41) is -0.0912. The standard InChI is InChI=1S/C14H7Cl3F3NO2/c1-23-13(22)7-2-3-21-12(11(7)14(18,19)20)10-8(16)4-6(15)5-9(10)17/h2-5H,1H3. The number of halogens is 6. The second kappa shape index (κ2) is 6.55. The van der Waals surface area contributed by atoms with Crippen LogP contribution in [0.25, 0.3) is 11.3 Å². The molecule has 0 aliphatic carbocycles. The van der Waals surface area contributed by atoms with Crippen molar-refractivity contribution in [2.45, 2.75) is 6.18 Å². The maximum Gasteiger partial charge on any atom is 0.419 e. The van der Waals surface area contributed by atoms with Crippen molar-refractivity contribution in [3.63, 3.8) is 0 Å². The van der Waals surface area contributed by atoms with Crippen LogP contribution in [-0.2, 0) is 10.9 Å². The number of aromatic nitrogens is 1. The van der Waals surface area contributed by atoms with E-state index in [0.717, 1.165) is 19.4 Å². The predicted octanol–water partition coefficient (Wildman–Crippen LogP) is 5.51. The summed E-state index contributed by atoms with van der Waals surface area (Å²) in [6, 6.07) is 3.38. The Bertz CT molecular complexity index is 755. The Morgan fingerprint density at radius 3 is 2.22 bits per heavy atom. The van der Waals surface area contributed by atoms with Crippen LogP contribution < -0.4 is 0 Å². The van der Waals surface area contributed by atoms with Gasteiger partial charge in [0.15, 0.2) is 0 Å². The van der Waals surface area contributed by atoms with E-state index >= 15 is 0 Å². The highest BCUT2D eigenvalue weighted by Gasteiger charge is 2.40. The molecule has 0 spiro atoms. The summed E-state index contributed by atoms with van der Waals surface area (Å²) in [6.45, 7) is 0. The van der Waals surface area contributed by atoms with Crippen LogP contribution in [0.4, 0.5) is 13.2 Å². The molecule has 0 N–H and O–H groups in total. The van der Waals surface area contributed by atoms with E-state index in [1.165, 1.54) is 12.1 Å². The second-order valence-corrected chi connectivity index (χ2v) is 5.57. The van der Waals surface area contributed by atoms with Gasteiger partial charge in [-0.25, -0.2) is 4.79 Å². The van der Waals surface area contributed by atoms with Gasteiger partial charge in [0.25, 0.3) is 0 Å². The van der Waals surface area contributed by atoms with E-state index < -0.39 is 29.0 Å². The van der Waals surface area contributed by atoms with Crippen molar-refractivity contribution in [1.82, 2.24) is 4.98 Å². The first-order valence-electron chi connectivity index (χ1n) is 5.96. The lowest BCUT2D eigenvalue weighted by atomic mass is 10.0. The fourth-order valence-corrected chi connectivity index (χ4v) is 2.98. The molecule has 9 heteroatoms. The Morgan fingerprint density at radius 2 is 1.74 bits per heavy atom. The minimum Gasteiger partial charge on any atom is -0.465 e. The van der Waals surface area contributed by atoms with Crippen molar-refractivity contribution in [3.05, 3.63) is 50.6 Å². The molecule has 1 aromatic heterocycles. The number of pyridine rings is 1. The lowest BCUT2D eigenvalue weighted by Crippen LogP contribution is -2.17. The molecule has 0 atom stereocenters. The molecule has 0 aliphatic heterocycles. The molecule has 2 rings (SSSR count). The van der Waals surface area contributed by atoms with Gasteiger partial charge in [-0.15, -0.1) is 0 Å². The minimum absolute atomic E-state index is 0.123. The van der Waals surface area contributed by atoms with E-state index in [-0.39, 0.29) is 20.6 Å². The zero-order valence-corrected chi connectivity index (χ0v) is 13.6. The first kappa shape index (κ1) is 17.8. The van der Waals surface area contributed by atoms with Crippen LogP contribution >= 0.6 is 34.8 Å². The molecule has 1 aromatic carbocycles. The molecule has 1 heterocycles. The number of methoxy groups -OCH3 is 1. The summed E-state index contributed by atoms with van der Waals surface area (Å²) in [7, 11) is 0.977. The van der Waals surface area contributed by atoms with E-state index in [1.807, 2.05) is 0 Å². The van der Waals surface area contributed by atoms with Crippen molar-refractivity contribution in [3.8, 4) is 11.3 Å². The van der Waals surface area contributed by atoms with E-state index in [1.54, 1.807) is 0 Å². The van der Waals surface area contributed by atoms with E-state index in [2.05, 4.69) is 9.72 Å². The largest absolute Gasteiger partial charge is 0.465 e. The van der Waals surface area contributed by atoms with Crippen LogP contribution in [0.15, 0.2) is 24.4 Å². The summed E-state index contributed by atoms with van der Waals surface area (Å²) >= 11 is 17.7. The monoisotopic (exact) mass is 383 g/mol. The quantitative estimate of drug-likeness (QED) is 0.641. The predicted molar refractivity (Wildman–Crippen MR) is 81.0 cm³/mol. The lowest BCUT2D eigenvalue weighted by molar-refractivity contribution is -0.137. The van der Waals surface area contributed by atoms with Gasteiger partial charge in [-0.1, -0.05) is 34.8 Å². The summed E-state index contributed by atoms with van der Waals surface area (Å²) in [5.74, 6) is -1.15. The lowest BCUT2D eigenvalue weighted by Gasteiger charge is -2.17. The fourth-order valence-electron chi connectivity index (χ4n) is 1.99. The Kier molecular flexibility index (Phi) is 5.08. The zero-order chi connectivity index (χ0) is 17.4. The molecule has 3 nitrogen and oxygen atoms in total. The molecule has 122 valence electrons. The van der Waals surface area contributed by atoms with Crippen LogP contribution in [0.2, 0.25) is 15.1 Å². The normalized spacial score (nSPS) is 11.4. The molecule has 0 radical (unpaired) electrons. The number of carbonyl (C=O) groups excluding carboxylic acids is 1. The van der Waals surface area contributed by atoms with Crippen molar-refractivity contribution in [1.29, 1.82) is 0 Å². The van der Waals surface area contributed by atoms with E-state index in [9.17, 15) is 18.0 Å². The molecule has 23 heavy (non-hydrogen) atoms. The highest BCUT2D eigenvalue weighted by Crippen LogP contribution is 2.43. The van der Waals surface area contributed by atoms with Gasteiger partial charge >= 0.3 is 12.1 Å². The van der Waals surface area contributed by atoms with Gasteiger partial charge in [0.05, 0.1) is 34.0 Å². The third kappa shape index (κ3) is 3.54. The number of alkyl halides is 3. The van der Waals surface area contributed by atoms with Crippen LogP contribution in [0.5, 0.6) is 0 Å². The number of esters is 1. The second-order valence-electron chi connectivity index (χ2n) is 4.32. The van der Waals surface area contributed by atoms with Crippen molar-refractivity contribution in [2.24, 2.45) is 0 Å². The molecular weight excluding hydrogens is 378 g/mol. The molecule has 0 bridgehead atoms. The number of hydrogen-bond acceptors (Lipinski definition) is 3. The number of ether oxygens (including phenoxy) is 1. The highest BCUT2D eigenvalue weighted by molar-refractivity contribution is 6.41. The molecule has 0 unspecified atom stereocenters. The zero-order valence-electron chi connectivity index (χ0n) is 11.3. The van der Waals surface area contributed by atoms with Crippen LogP contribution in [0, 0.1) is 0 Å². The number of rotatable bonds is 2.